The number of fused-ring (bicyclic) bond motifs is 1. The third-order valence-electron chi connectivity index (χ3n) is 4.31. The number of Topliss-reactive ketones (excluding diaryl/α,β-unsaturated/α-hetero) is 1. The molecule has 0 amide bonds. The summed E-state index contributed by atoms with van der Waals surface area (Å²) < 4.78 is 16.7. The van der Waals surface area contributed by atoms with Crippen molar-refractivity contribution in [1.82, 2.24) is 0 Å². The summed E-state index contributed by atoms with van der Waals surface area (Å²) in [6, 6.07) is 5.59. The van der Waals surface area contributed by atoms with Gasteiger partial charge in [0.25, 0.3) is 0 Å². The molecular weight excluding hydrogens is 312 g/mol. The van der Waals surface area contributed by atoms with E-state index in [4.69, 9.17) is 14.2 Å². The second-order valence-corrected chi connectivity index (χ2v) is 9.73. The van der Waals surface area contributed by atoms with Crippen molar-refractivity contribution in [3.8, 4) is 11.5 Å². The number of hydrogen-bond acceptors (Lipinski definition) is 4. The van der Waals surface area contributed by atoms with E-state index in [9.17, 15) is 4.79 Å². The molecule has 23 heavy (non-hydrogen) atoms. The highest BCUT2D eigenvalue weighted by atomic mass is 32.2. The molecule has 1 atom stereocenters. The lowest BCUT2D eigenvalue weighted by Gasteiger charge is -2.40. The maximum atomic E-state index is 13.3. The molecule has 128 valence electrons. The molecule has 2 heterocycles. The van der Waals surface area contributed by atoms with Crippen LogP contribution in [-0.2, 0) is 4.74 Å². The zero-order chi connectivity index (χ0) is 16.4. The number of benzene rings is 1. The van der Waals surface area contributed by atoms with Crippen LogP contribution in [-0.4, -0.2) is 49.0 Å². The van der Waals surface area contributed by atoms with Crippen molar-refractivity contribution in [2.24, 2.45) is 5.41 Å². The lowest BCUT2D eigenvalue weighted by atomic mass is 9.87. The fourth-order valence-electron chi connectivity index (χ4n) is 3.30. The van der Waals surface area contributed by atoms with Crippen LogP contribution in [0.15, 0.2) is 18.2 Å². The SMILES string of the molecule is CC(C)(C)C(C(=O)c1ccc2c(c1)OCCO2)[SH]1CCOCC1. The zero-order valence-electron chi connectivity index (χ0n) is 14.1. The lowest BCUT2D eigenvalue weighted by molar-refractivity contribution is 0.0945. The van der Waals surface area contributed by atoms with Gasteiger partial charge in [-0.15, -0.1) is 0 Å². The fourth-order valence-corrected chi connectivity index (χ4v) is 6.34. The highest BCUT2D eigenvalue weighted by Gasteiger charge is 2.37. The van der Waals surface area contributed by atoms with E-state index in [-0.39, 0.29) is 27.3 Å². The molecule has 0 bridgehead atoms. The fraction of sp³-hybridized carbons (Fsp3) is 0.611. The summed E-state index contributed by atoms with van der Waals surface area (Å²) in [5.74, 6) is 3.70. The van der Waals surface area contributed by atoms with Gasteiger partial charge in [-0.2, -0.15) is 0 Å². The molecule has 5 heteroatoms. The standard InChI is InChI=1S/C18H26O4S/c1-18(2,3)17(23-10-8-20-9-11-23)16(19)13-4-5-14-15(12-13)22-7-6-21-14/h4-5,12,17,23H,6-11H2,1-3H3. The molecule has 3 rings (SSSR count). The Balaban J connectivity index is 1.88. The Hall–Kier alpha value is -1.20. The van der Waals surface area contributed by atoms with Crippen LogP contribution in [0.3, 0.4) is 0 Å². The molecule has 1 fully saturated rings. The molecule has 0 radical (unpaired) electrons. The number of ketones is 1. The van der Waals surface area contributed by atoms with Crippen LogP contribution in [0.25, 0.3) is 0 Å². The zero-order valence-corrected chi connectivity index (χ0v) is 15.0. The predicted molar refractivity (Wildman–Crippen MR) is 94.5 cm³/mol. The van der Waals surface area contributed by atoms with E-state index in [1.807, 2.05) is 18.2 Å². The van der Waals surface area contributed by atoms with Crippen LogP contribution < -0.4 is 9.47 Å². The van der Waals surface area contributed by atoms with Crippen LogP contribution in [0, 0.1) is 5.41 Å². The maximum Gasteiger partial charge on any atom is 0.174 e. The van der Waals surface area contributed by atoms with Crippen molar-refractivity contribution in [1.29, 1.82) is 0 Å². The Morgan fingerprint density at radius 2 is 1.70 bits per heavy atom. The third-order valence-corrected chi connectivity index (χ3v) is 7.56. The van der Waals surface area contributed by atoms with Crippen LogP contribution in [0.2, 0.25) is 0 Å². The molecule has 0 saturated carbocycles. The molecule has 2 aliphatic heterocycles. The number of carbonyl (C=O) groups excluding carboxylic acids is 1. The highest BCUT2D eigenvalue weighted by molar-refractivity contribution is 8.18. The summed E-state index contributed by atoms with van der Waals surface area (Å²) in [6.07, 6.45) is 0. The van der Waals surface area contributed by atoms with Gasteiger partial charge in [0.05, 0.1) is 18.5 Å². The van der Waals surface area contributed by atoms with Crippen molar-refractivity contribution in [2.75, 3.05) is 37.9 Å². The quantitative estimate of drug-likeness (QED) is 0.679. The predicted octanol–water partition coefficient (Wildman–Crippen LogP) is 3.09. The molecule has 0 N–H and O–H groups in total. The smallest absolute Gasteiger partial charge is 0.174 e. The lowest BCUT2D eigenvalue weighted by Crippen LogP contribution is -2.38. The van der Waals surface area contributed by atoms with E-state index in [1.54, 1.807) is 0 Å². The van der Waals surface area contributed by atoms with E-state index in [0.717, 1.165) is 36.0 Å². The Labute approximate surface area is 140 Å². The Morgan fingerprint density at radius 1 is 1.04 bits per heavy atom. The summed E-state index contributed by atoms with van der Waals surface area (Å²) in [4.78, 5) is 13.3. The Bertz CT molecular complexity index is 573. The molecule has 0 spiro atoms. The van der Waals surface area contributed by atoms with E-state index in [0.29, 0.717) is 19.0 Å². The maximum absolute atomic E-state index is 13.3. The van der Waals surface area contributed by atoms with Crippen LogP contribution in [0.1, 0.15) is 31.1 Å². The van der Waals surface area contributed by atoms with Crippen LogP contribution >= 0.6 is 10.9 Å². The first-order chi connectivity index (χ1) is 11.0. The summed E-state index contributed by atoms with van der Waals surface area (Å²) in [5, 5.41) is 0.0592. The summed E-state index contributed by atoms with van der Waals surface area (Å²) in [6.45, 7) is 9.19. The first-order valence-electron chi connectivity index (χ1n) is 8.22. The van der Waals surface area contributed by atoms with Gasteiger partial charge in [-0.05, 0) is 35.1 Å². The van der Waals surface area contributed by atoms with E-state index in [1.165, 1.54) is 0 Å². The Morgan fingerprint density at radius 3 is 2.35 bits per heavy atom. The monoisotopic (exact) mass is 338 g/mol. The normalized spacial score (nSPS) is 20.9. The average Bonchev–Trinajstić information content (AvgIpc) is 2.54. The van der Waals surface area contributed by atoms with Crippen LogP contribution in [0.5, 0.6) is 11.5 Å². The molecular formula is C18H26O4S. The molecule has 1 unspecified atom stereocenters. The minimum Gasteiger partial charge on any atom is -0.486 e. The number of rotatable bonds is 3. The molecule has 4 nitrogen and oxygen atoms in total. The summed E-state index contributed by atoms with van der Waals surface area (Å²) >= 11 is 0. The summed E-state index contributed by atoms with van der Waals surface area (Å²) in [5.41, 5.74) is 0.691. The van der Waals surface area contributed by atoms with Gasteiger partial charge in [-0.25, -0.2) is 10.9 Å². The molecule has 0 aliphatic carbocycles. The van der Waals surface area contributed by atoms with Gasteiger partial charge in [-0.1, -0.05) is 20.8 Å². The van der Waals surface area contributed by atoms with Crippen molar-refractivity contribution in [3.05, 3.63) is 23.8 Å². The van der Waals surface area contributed by atoms with Crippen molar-refractivity contribution in [2.45, 2.75) is 26.0 Å². The van der Waals surface area contributed by atoms with Crippen molar-refractivity contribution in [3.63, 3.8) is 0 Å². The van der Waals surface area contributed by atoms with Crippen molar-refractivity contribution >= 4 is 16.7 Å². The topological polar surface area (TPSA) is 44.8 Å². The molecule has 0 aromatic heterocycles. The van der Waals surface area contributed by atoms with E-state index in [2.05, 4.69) is 20.8 Å². The molecule has 1 saturated heterocycles. The van der Waals surface area contributed by atoms with E-state index < -0.39 is 0 Å². The average molecular weight is 338 g/mol. The number of ether oxygens (including phenoxy) is 3. The van der Waals surface area contributed by atoms with Crippen LogP contribution in [0.4, 0.5) is 0 Å². The largest absolute Gasteiger partial charge is 0.486 e. The summed E-state index contributed by atoms with van der Waals surface area (Å²) in [7, 11) is -0.344. The minimum absolute atomic E-state index is 0.0482. The second-order valence-electron chi connectivity index (χ2n) is 7.14. The van der Waals surface area contributed by atoms with Gasteiger partial charge in [0.1, 0.15) is 13.2 Å². The Kier molecular flexibility index (Phi) is 4.87. The first kappa shape index (κ1) is 16.7. The van der Waals surface area contributed by atoms with Gasteiger partial charge in [0.15, 0.2) is 17.3 Å². The van der Waals surface area contributed by atoms with Gasteiger partial charge in [0.2, 0.25) is 0 Å². The number of thiol groups is 1. The second kappa shape index (κ2) is 6.73. The molecule has 2 aliphatic rings. The van der Waals surface area contributed by atoms with Gasteiger partial charge in [-0.3, -0.25) is 4.79 Å². The molecule has 1 aromatic rings. The highest BCUT2D eigenvalue weighted by Crippen LogP contribution is 2.45. The minimum atomic E-state index is -0.344. The van der Waals surface area contributed by atoms with Gasteiger partial charge >= 0.3 is 0 Å². The first-order valence-corrected chi connectivity index (χ1v) is 10.0. The van der Waals surface area contributed by atoms with Gasteiger partial charge in [0, 0.05) is 5.56 Å². The van der Waals surface area contributed by atoms with E-state index >= 15 is 0 Å². The third kappa shape index (κ3) is 3.66. The van der Waals surface area contributed by atoms with Crippen molar-refractivity contribution < 1.29 is 19.0 Å². The number of carbonyl (C=O) groups is 1. The molecule has 1 aromatic carbocycles. The number of hydrogen-bond donors (Lipinski definition) is 1. The van der Waals surface area contributed by atoms with Gasteiger partial charge < -0.3 is 14.2 Å².